The maximum absolute atomic E-state index is 12.4. The van der Waals surface area contributed by atoms with E-state index < -0.39 is 0 Å². The summed E-state index contributed by atoms with van der Waals surface area (Å²) in [6.45, 7) is 13.3. The molecular weight excluding hydrogens is 546 g/mol. The summed E-state index contributed by atoms with van der Waals surface area (Å²) in [5, 5.41) is 6.72. The Kier molecular flexibility index (Phi) is 8.95. The molecule has 0 radical (unpaired) electrons. The molecule has 1 aliphatic heterocycles. The van der Waals surface area contributed by atoms with Gasteiger partial charge in [0.15, 0.2) is 0 Å². The van der Waals surface area contributed by atoms with E-state index in [4.69, 9.17) is 10.5 Å². The topological polar surface area (TPSA) is 110 Å². The molecule has 2 amide bonds. The van der Waals surface area contributed by atoms with Gasteiger partial charge in [0.1, 0.15) is 24.0 Å². The predicted molar refractivity (Wildman–Crippen MR) is 156 cm³/mol. The number of amides is 2. The first-order valence-electron chi connectivity index (χ1n) is 13.3. The van der Waals surface area contributed by atoms with E-state index in [0.717, 1.165) is 53.5 Å². The number of aromatic nitrogens is 3. The van der Waals surface area contributed by atoms with Gasteiger partial charge in [-0.1, -0.05) is 32.9 Å². The molecule has 0 saturated carbocycles. The largest absolute Gasteiger partial charge is 0.383 e. The van der Waals surface area contributed by atoms with Gasteiger partial charge in [-0.3, -0.25) is 4.90 Å². The second-order valence-electron chi connectivity index (χ2n) is 11.3. The third-order valence-corrected chi connectivity index (χ3v) is 7.67. The Balaban J connectivity index is 1.23. The van der Waals surface area contributed by atoms with Crippen LogP contribution in [0, 0.1) is 0 Å². The SMILES string of the molecule is CC(C)N(CCCNC(=O)Nc1ccc(C(C)(C)C)cc1)C[C@@H]1CC[C@H](n2cc(Br)c3c(N)ncnc32)O1. The molecule has 38 heavy (non-hydrogen) atoms. The summed E-state index contributed by atoms with van der Waals surface area (Å²) in [6.07, 6.45) is 6.26. The first-order chi connectivity index (χ1) is 18.0. The van der Waals surface area contributed by atoms with Crippen LogP contribution in [0.1, 0.15) is 65.7 Å². The maximum atomic E-state index is 12.4. The molecule has 0 aliphatic carbocycles. The first-order valence-corrected chi connectivity index (χ1v) is 14.1. The lowest BCUT2D eigenvalue weighted by atomic mass is 9.87. The lowest BCUT2D eigenvalue weighted by Crippen LogP contribution is -2.39. The number of carbonyl (C=O) groups excluding carboxylic acids is 1. The van der Waals surface area contributed by atoms with Gasteiger partial charge in [0.25, 0.3) is 0 Å². The number of halogens is 1. The van der Waals surface area contributed by atoms with Gasteiger partial charge in [0.05, 0.1) is 11.5 Å². The molecule has 2 atom stereocenters. The highest BCUT2D eigenvalue weighted by Gasteiger charge is 2.30. The van der Waals surface area contributed by atoms with Crippen LogP contribution in [-0.2, 0) is 10.2 Å². The van der Waals surface area contributed by atoms with Gasteiger partial charge in [0.2, 0.25) is 0 Å². The fourth-order valence-corrected chi connectivity index (χ4v) is 5.44. The second-order valence-corrected chi connectivity index (χ2v) is 12.1. The van der Waals surface area contributed by atoms with Gasteiger partial charge < -0.3 is 25.7 Å². The minimum Gasteiger partial charge on any atom is -0.383 e. The minimum atomic E-state index is -0.180. The standard InChI is InChI=1S/C28H40BrN7O2/c1-18(2)35(14-6-13-31-27(37)34-20-9-7-19(8-10-20)28(3,4)5)15-21-11-12-23(38-21)36-16-22(29)24-25(30)32-17-33-26(24)36/h7-10,16-18,21,23H,6,11-15H2,1-5H3,(H2,30,32,33)(H2,31,34,37)/t21-,23+/m0/s1. The Hall–Kier alpha value is -2.69. The zero-order valence-electron chi connectivity index (χ0n) is 23.0. The van der Waals surface area contributed by atoms with Gasteiger partial charge in [0, 0.05) is 42.0 Å². The number of ether oxygens (including phenoxy) is 1. The number of nitrogens with two attached hydrogens (primary N) is 1. The molecule has 1 fully saturated rings. The Labute approximate surface area is 233 Å². The summed E-state index contributed by atoms with van der Waals surface area (Å²) in [5.41, 5.74) is 8.96. The zero-order valence-corrected chi connectivity index (χ0v) is 24.6. The fraction of sp³-hybridized carbons (Fsp3) is 0.536. The highest BCUT2D eigenvalue weighted by Crippen LogP contribution is 2.36. The smallest absolute Gasteiger partial charge is 0.319 e. The van der Waals surface area contributed by atoms with Crippen molar-refractivity contribution in [2.45, 2.75) is 77.7 Å². The quantitative estimate of drug-likeness (QED) is 0.279. The van der Waals surface area contributed by atoms with Crippen LogP contribution in [0.2, 0.25) is 0 Å². The number of benzene rings is 1. The van der Waals surface area contributed by atoms with Crippen LogP contribution in [-0.4, -0.2) is 57.2 Å². The molecule has 1 aliphatic rings. The van der Waals surface area contributed by atoms with Gasteiger partial charge in [-0.05, 0) is 72.2 Å². The zero-order chi connectivity index (χ0) is 27.4. The van der Waals surface area contributed by atoms with Crippen molar-refractivity contribution in [1.29, 1.82) is 0 Å². The molecule has 4 rings (SSSR count). The van der Waals surface area contributed by atoms with E-state index in [2.05, 4.69) is 92.7 Å². The fourth-order valence-electron chi connectivity index (χ4n) is 4.84. The summed E-state index contributed by atoms with van der Waals surface area (Å²) < 4.78 is 9.38. The van der Waals surface area contributed by atoms with Crippen molar-refractivity contribution in [3.8, 4) is 0 Å². The molecule has 1 saturated heterocycles. The maximum Gasteiger partial charge on any atom is 0.319 e. The summed E-state index contributed by atoms with van der Waals surface area (Å²) in [4.78, 5) is 23.3. The van der Waals surface area contributed by atoms with Crippen LogP contribution >= 0.6 is 15.9 Å². The lowest BCUT2D eigenvalue weighted by molar-refractivity contribution is -0.0156. The van der Waals surface area contributed by atoms with Crippen LogP contribution < -0.4 is 16.4 Å². The van der Waals surface area contributed by atoms with E-state index in [1.54, 1.807) is 0 Å². The Morgan fingerprint density at radius 1 is 1.24 bits per heavy atom. The average Bonchev–Trinajstić information content (AvgIpc) is 3.45. The van der Waals surface area contributed by atoms with Crippen molar-refractivity contribution in [2.75, 3.05) is 30.7 Å². The van der Waals surface area contributed by atoms with Crippen LogP contribution in [0.5, 0.6) is 0 Å². The lowest BCUT2D eigenvalue weighted by Gasteiger charge is -2.29. The van der Waals surface area contributed by atoms with Crippen LogP contribution in [0.15, 0.2) is 41.3 Å². The summed E-state index contributed by atoms with van der Waals surface area (Å²) >= 11 is 3.58. The molecular formula is C28H40BrN7O2. The number of fused-ring (bicyclic) bond motifs is 1. The third-order valence-electron chi connectivity index (χ3n) is 7.07. The molecule has 0 spiro atoms. The molecule has 4 N–H and O–H groups in total. The van der Waals surface area contributed by atoms with Gasteiger partial charge >= 0.3 is 6.03 Å². The van der Waals surface area contributed by atoms with E-state index in [1.165, 1.54) is 11.9 Å². The monoisotopic (exact) mass is 585 g/mol. The molecule has 10 heteroatoms. The molecule has 206 valence electrons. The van der Waals surface area contributed by atoms with Crippen molar-refractivity contribution >= 4 is 44.5 Å². The van der Waals surface area contributed by atoms with E-state index in [-0.39, 0.29) is 23.8 Å². The number of carbonyl (C=O) groups is 1. The summed E-state index contributed by atoms with van der Waals surface area (Å²) in [6, 6.07) is 8.22. The number of anilines is 2. The summed E-state index contributed by atoms with van der Waals surface area (Å²) in [7, 11) is 0. The normalized spacial score (nSPS) is 18.0. The highest BCUT2D eigenvalue weighted by atomic mass is 79.9. The summed E-state index contributed by atoms with van der Waals surface area (Å²) in [5.74, 6) is 0.460. The van der Waals surface area contributed by atoms with Crippen molar-refractivity contribution in [2.24, 2.45) is 0 Å². The molecule has 3 aromatic rings. The van der Waals surface area contributed by atoms with E-state index >= 15 is 0 Å². The van der Waals surface area contributed by atoms with Crippen molar-refractivity contribution in [3.63, 3.8) is 0 Å². The minimum absolute atomic E-state index is 0.0834. The number of hydrogen-bond acceptors (Lipinski definition) is 6. The second kappa shape index (κ2) is 12.0. The molecule has 3 heterocycles. The predicted octanol–water partition coefficient (Wildman–Crippen LogP) is 5.67. The Morgan fingerprint density at radius 2 is 1.97 bits per heavy atom. The van der Waals surface area contributed by atoms with E-state index in [9.17, 15) is 4.79 Å². The number of hydrogen-bond donors (Lipinski definition) is 3. The average molecular weight is 587 g/mol. The van der Waals surface area contributed by atoms with Gasteiger partial charge in [-0.25, -0.2) is 14.8 Å². The highest BCUT2D eigenvalue weighted by molar-refractivity contribution is 9.10. The molecule has 1 aromatic carbocycles. The van der Waals surface area contributed by atoms with E-state index in [1.807, 2.05) is 18.3 Å². The first kappa shape index (κ1) is 28.3. The number of urea groups is 1. The number of rotatable bonds is 9. The van der Waals surface area contributed by atoms with Crippen molar-refractivity contribution in [3.05, 3.63) is 46.8 Å². The Bertz CT molecular complexity index is 1240. The molecule has 0 bridgehead atoms. The van der Waals surface area contributed by atoms with Gasteiger partial charge in [-0.2, -0.15) is 0 Å². The van der Waals surface area contributed by atoms with Gasteiger partial charge in [-0.15, -0.1) is 0 Å². The number of nitrogen functional groups attached to an aromatic ring is 1. The van der Waals surface area contributed by atoms with Crippen molar-refractivity contribution in [1.82, 2.24) is 24.8 Å². The van der Waals surface area contributed by atoms with E-state index in [0.29, 0.717) is 18.4 Å². The molecule has 2 aromatic heterocycles. The van der Waals surface area contributed by atoms with Crippen molar-refractivity contribution < 1.29 is 9.53 Å². The van der Waals surface area contributed by atoms with Crippen LogP contribution in [0.4, 0.5) is 16.3 Å². The molecule has 0 unspecified atom stereocenters. The number of nitrogens with zero attached hydrogens (tertiary/aromatic N) is 4. The third kappa shape index (κ3) is 6.84. The van der Waals surface area contributed by atoms with Crippen LogP contribution in [0.25, 0.3) is 11.0 Å². The molecule has 9 nitrogen and oxygen atoms in total. The Morgan fingerprint density at radius 3 is 2.66 bits per heavy atom. The van der Waals surface area contributed by atoms with Crippen LogP contribution in [0.3, 0.4) is 0 Å². The number of nitrogens with one attached hydrogen (secondary N) is 2.